The first-order chi connectivity index (χ1) is 12.1. The Morgan fingerprint density at radius 1 is 0.920 bits per heavy atom. The summed E-state index contributed by atoms with van der Waals surface area (Å²) in [7, 11) is 0. The predicted molar refractivity (Wildman–Crippen MR) is 95.3 cm³/mol. The molecule has 25 heavy (non-hydrogen) atoms. The van der Waals surface area contributed by atoms with Crippen molar-refractivity contribution in [2.24, 2.45) is 0 Å². The molecule has 0 aliphatic rings. The molecule has 4 aromatic rings. The maximum Gasteiger partial charge on any atom is 0.269 e. The number of hydrogen-bond acceptors (Lipinski definition) is 4. The monoisotopic (exact) mass is 330 g/mol. The summed E-state index contributed by atoms with van der Waals surface area (Å²) in [6.07, 6.45) is 0. The summed E-state index contributed by atoms with van der Waals surface area (Å²) >= 11 is 0. The maximum absolute atomic E-state index is 10.8. The third-order valence-corrected chi connectivity index (χ3v) is 4.08. The van der Waals surface area contributed by atoms with Gasteiger partial charge < -0.3 is 0 Å². The molecule has 0 unspecified atom stereocenters. The summed E-state index contributed by atoms with van der Waals surface area (Å²) in [6, 6.07) is 20.2. The van der Waals surface area contributed by atoms with Gasteiger partial charge in [0.2, 0.25) is 0 Å². The molecular formula is C19H14N4O2. The van der Waals surface area contributed by atoms with Crippen LogP contribution in [0.2, 0.25) is 0 Å². The number of imidazole rings is 1. The number of benzene rings is 2. The lowest BCUT2D eigenvalue weighted by atomic mass is 10.1. The van der Waals surface area contributed by atoms with Crippen LogP contribution in [0, 0.1) is 17.0 Å². The quantitative estimate of drug-likeness (QED) is 0.415. The van der Waals surface area contributed by atoms with E-state index >= 15 is 0 Å². The Kier molecular flexibility index (Phi) is 3.50. The molecule has 0 saturated carbocycles. The fourth-order valence-corrected chi connectivity index (χ4v) is 2.83. The van der Waals surface area contributed by atoms with E-state index in [4.69, 9.17) is 0 Å². The number of hydrogen-bond donors (Lipinski definition) is 0. The van der Waals surface area contributed by atoms with Gasteiger partial charge in [0.05, 0.1) is 21.8 Å². The van der Waals surface area contributed by atoms with Crippen LogP contribution in [-0.2, 0) is 0 Å². The Labute approximate surface area is 143 Å². The summed E-state index contributed by atoms with van der Waals surface area (Å²) in [5.41, 5.74) is 4.48. The van der Waals surface area contributed by atoms with Crippen molar-refractivity contribution in [3.63, 3.8) is 0 Å². The van der Waals surface area contributed by atoms with E-state index < -0.39 is 4.92 Å². The Morgan fingerprint density at radius 2 is 1.64 bits per heavy atom. The zero-order valence-electron chi connectivity index (χ0n) is 13.5. The molecule has 0 N–H and O–H groups in total. The van der Waals surface area contributed by atoms with Gasteiger partial charge in [-0.1, -0.05) is 30.3 Å². The largest absolute Gasteiger partial charge is 0.269 e. The zero-order valence-corrected chi connectivity index (χ0v) is 13.5. The molecule has 0 fully saturated rings. The minimum atomic E-state index is -0.410. The van der Waals surface area contributed by atoms with Gasteiger partial charge in [-0.25, -0.2) is 9.50 Å². The Morgan fingerprint density at radius 3 is 2.32 bits per heavy atom. The van der Waals surface area contributed by atoms with Crippen LogP contribution >= 0.6 is 0 Å². The first-order valence-electron chi connectivity index (χ1n) is 7.80. The van der Waals surface area contributed by atoms with Crippen molar-refractivity contribution in [3.8, 4) is 22.5 Å². The van der Waals surface area contributed by atoms with Crippen molar-refractivity contribution in [2.75, 3.05) is 0 Å². The van der Waals surface area contributed by atoms with Crippen LogP contribution < -0.4 is 0 Å². The molecule has 2 aromatic carbocycles. The number of nitro groups is 1. The summed E-state index contributed by atoms with van der Waals surface area (Å²) in [4.78, 5) is 15.0. The molecule has 6 nitrogen and oxygen atoms in total. The lowest BCUT2D eigenvalue weighted by Crippen LogP contribution is -1.96. The second-order valence-electron chi connectivity index (χ2n) is 5.69. The first kappa shape index (κ1) is 15.0. The number of nitro benzene ring substituents is 1. The van der Waals surface area contributed by atoms with Gasteiger partial charge >= 0.3 is 0 Å². The molecule has 0 bridgehead atoms. The van der Waals surface area contributed by atoms with E-state index in [1.807, 2.05) is 49.4 Å². The fraction of sp³-hybridized carbons (Fsp3) is 0.0526. The lowest BCUT2D eigenvalue weighted by Gasteiger charge is -2.03. The average Bonchev–Trinajstić information content (AvgIpc) is 2.99. The van der Waals surface area contributed by atoms with Gasteiger partial charge in [0.25, 0.3) is 5.69 Å². The van der Waals surface area contributed by atoms with Crippen molar-refractivity contribution in [2.45, 2.75) is 6.92 Å². The van der Waals surface area contributed by atoms with Gasteiger partial charge in [0, 0.05) is 23.3 Å². The third-order valence-electron chi connectivity index (χ3n) is 4.08. The van der Waals surface area contributed by atoms with E-state index in [1.165, 1.54) is 12.1 Å². The van der Waals surface area contributed by atoms with Crippen LogP contribution in [0.3, 0.4) is 0 Å². The number of nitrogens with zero attached hydrogens (tertiary/aromatic N) is 4. The summed E-state index contributed by atoms with van der Waals surface area (Å²) in [5.74, 6) is 0.789. The summed E-state index contributed by atoms with van der Waals surface area (Å²) < 4.78 is 1.80. The van der Waals surface area contributed by atoms with Crippen LogP contribution in [0.15, 0.2) is 66.7 Å². The minimum Gasteiger partial charge on any atom is -0.258 e. The molecule has 0 aliphatic heterocycles. The Bertz CT molecular complexity index is 1070. The smallest absolute Gasteiger partial charge is 0.258 e. The van der Waals surface area contributed by atoms with E-state index in [9.17, 15) is 10.1 Å². The van der Waals surface area contributed by atoms with Crippen LogP contribution in [0.4, 0.5) is 5.69 Å². The number of rotatable bonds is 3. The molecule has 122 valence electrons. The second-order valence-corrected chi connectivity index (χ2v) is 5.69. The normalized spacial score (nSPS) is 10.9. The molecule has 2 aromatic heterocycles. The number of aromatic nitrogens is 3. The van der Waals surface area contributed by atoms with Crippen LogP contribution in [0.5, 0.6) is 0 Å². The molecule has 0 radical (unpaired) electrons. The number of fused-ring (bicyclic) bond motifs is 1. The standard InChI is InChI=1S/C19H14N4O2/c1-13-20-19(15-5-3-2-4-6-15)18-12-11-17(21-22(13)18)14-7-9-16(10-8-14)23(24)25/h2-12H,1H3. The Hall–Kier alpha value is -3.54. The van der Waals surface area contributed by atoms with E-state index in [1.54, 1.807) is 16.6 Å². The number of non-ortho nitro benzene ring substituents is 1. The van der Waals surface area contributed by atoms with Crippen molar-refractivity contribution < 1.29 is 4.92 Å². The van der Waals surface area contributed by atoms with Gasteiger partial charge in [-0.3, -0.25) is 10.1 Å². The van der Waals surface area contributed by atoms with E-state index in [-0.39, 0.29) is 5.69 Å². The highest BCUT2D eigenvalue weighted by atomic mass is 16.6. The molecule has 0 aliphatic carbocycles. The highest BCUT2D eigenvalue weighted by Crippen LogP contribution is 2.26. The number of aryl methyl sites for hydroxylation is 1. The van der Waals surface area contributed by atoms with Crippen molar-refractivity contribution in [3.05, 3.63) is 82.7 Å². The van der Waals surface area contributed by atoms with Crippen molar-refractivity contribution >= 4 is 11.2 Å². The van der Waals surface area contributed by atoms with Gasteiger partial charge in [-0.05, 0) is 31.2 Å². The highest BCUT2D eigenvalue weighted by Gasteiger charge is 2.13. The van der Waals surface area contributed by atoms with Crippen LogP contribution in [-0.4, -0.2) is 19.5 Å². The fourth-order valence-electron chi connectivity index (χ4n) is 2.83. The predicted octanol–water partition coefficient (Wildman–Crippen LogP) is 4.28. The maximum atomic E-state index is 10.8. The Balaban J connectivity index is 1.81. The molecular weight excluding hydrogens is 316 g/mol. The van der Waals surface area contributed by atoms with Gasteiger partial charge in [0.15, 0.2) is 0 Å². The molecule has 0 spiro atoms. The molecule has 0 saturated heterocycles. The molecule has 6 heteroatoms. The van der Waals surface area contributed by atoms with Gasteiger partial charge in [-0.15, -0.1) is 0 Å². The molecule has 0 atom stereocenters. The molecule has 2 heterocycles. The third kappa shape index (κ3) is 2.63. The van der Waals surface area contributed by atoms with Gasteiger partial charge in [-0.2, -0.15) is 5.10 Å². The molecule has 4 rings (SSSR count). The zero-order chi connectivity index (χ0) is 17.4. The second kappa shape index (κ2) is 5.83. The van der Waals surface area contributed by atoms with Crippen molar-refractivity contribution in [1.82, 2.24) is 14.6 Å². The summed E-state index contributed by atoms with van der Waals surface area (Å²) in [5, 5.41) is 15.4. The SMILES string of the molecule is Cc1nc(-c2ccccc2)c2ccc(-c3ccc([N+](=O)[O-])cc3)nn12. The van der Waals surface area contributed by atoms with Gasteiger partial charge in [0.1, 0.15) is 5.82 Å². The lowest BCUT2D eigenvalue weighted by molar-refractivity contribution is -0.384. The minimum absolute atomic E-state index is 0.0648. The molecule has 0 amide bonds. The van der Waals surface area contributed by atoms with E-state index in [2.05, 4.69) is 10.1 Å². The topological polar surface area (TPSA) is 73.3 Å². The average molecular weight is 330 g/mol. The van der Waals surface area contributed by atoms with E-state index in [0.29, 0.717) is 0 Å². The first-order valence-corrected chi connectivity index (χ1v) is 7.80. The van der Waals surface area contributed by atoms with E-state index in [0.717, 1.165) is 33.9 Å². The highest BCUT2D eigenvalue weighted by molar-refractivity contribution is 5.78. The van der Waals surface area contributed by atoms with Crippen molar-refractivity contribution in [1.29, 1.82) is 0 Å². The summed E-state index contributed by atoms with van der Waals surface area (Å²) in [6.45, 7) is 1.91. The van der Waals surface area contributed by atoms with Crippen LogP contribution in [0.25, 0.3) is 28.0 Å². The van der Waals surface area contributed by atoms with Crippen LogP contribution in [0.1, 0.15) is 5.82 Å².